The average Bonchev–Trinajstić information content (AvgIpc) is 2.47. The summed E-state index contributed by atoms with van der Waals surface area (Å²) in [5.41, 5.74) is 0.0291. The highest BCUT2D eigenvalue weighted by Crippen LogP contribution is 2.11. The zero-order valence-corrected chi connectivity index (χ0v) is 11.2. The normalized spacial score (nSPS) is 16.0. The van der Waals surface area contributed by atoms with E-state index >= 15 is 0 Å². The van der Waals surface area contributed by atoms with E-state index in [0.717, 1.165) is 6.20 Å². The van der Waals surface area contributed by atoms with Crippen molar-refractivity contribution in [2.45, 2.75) is 0 Å². The van der Waals surface area contributed by atoms with Crippen LogP contribution in [0.2, 0.25) is 0 Å². The molecule has 1 aliphatic rings. The second-order valence-electron chi connectivity index (χ2n) is 4.50. The molecule has 0 N–H and O–H groups in total. The van der Waals surface area contributed by atoms with Gasteiger partial charge in [0.1, 0.15) is 0 Å². The van der Waals surface area contributed by atoms with Crippen molar-refractivity contribution in [1.29, 1.82) is 0 Å². The molecule has 2 heterocycles. The number of nitrogens with zero attached hydrogens (tertiary/aromatic N) is 3. The van der Waals surface area contributed by atoms with Gasteiger partial charge in [-0.2, -0.15) is 0 Å². The number of amides is 1. The lowest BCUT2D eigenvalue weighted by atomic mass is 10.2. The maximum atomic E-state index is 13.5. The molecule has 0 bridgehead atoms. The fraction of sp³-hybridized carbons (Fsp3) is 0.462. The first kappa shape index (κ1) is 14.4. The number of carbonyl (C=O) groups is 2. The van der Waals surface area contributed by atoms with Crippen LogP contribution in [0.25, 0.3) is 0 Å². The molecule has 7 heteroatoms. The van der Waals surface area contributed by atoms with E-state index in [1.807, 2.05) is 4.90 Å². The Morgan fingerprint density at radius 3 is 2.65 bits per heavy atom. The molecule has 1 aromatic heterocycles. The van der Waals surface area contributed by atoms with Crippen molar-refractivity contribution >= 4 is 11.9 Å². The molecule has 1 fully saturated rings. The van der Waals surface area contributed by atoms with Gasteiger partial charge in [0.15, 0.2) is 5.82 Å². The Bertz CT molecular complexity index is 501. The summed E-state index contributed by atoms with van der Waals surface area (Å²) in [6.07, 6.45) is 2.42. The van der Waals surface area contributed by atoms with Crippen LogP contribution in [-0.2, 0) is 9.53 Å². The van der Waals surface area contributed by atoms with Crippen molar-refractivity contribution in [1.82, 2.24) is 14.8 Å². The molecule has 1 aliphatic heterocycles. The van der Waals surface area contributed by atoms with E-state index in [0.29, 0.717) is 26.2 Å². The number of halogens is 1. The standard InChI is InChI=1S/C13H16FN3O3/c1-20-12(18)9-16-4-6-17(7-5-16)13(19)10-2-3-15-8-11(10)14/h2-3,8H,4-7,9H2,1H3. The largest absolute Gasteiger partial charge is 0.468 e. The Kier molecular flexibility index (Phi) is 4.62. The molecule has 1 saturated heterocycles. The fourth-order valence-corrected chi connectivity index (χ4v) is 2.08. The summed E-state index contributed by atoms with van der Waals surface area (Å²) in [6, 6.07) is 1.37. The minimum Gasteiger partial charge on any atom is -0.468 e. The molecule has 108 valence electrons. The molecule has 0 atom stereocenters. The third kappa shape index (κ3) is 3.30. The maximum absolute atomic E-state index is 13.5. The second kappa shape index (κ2) is 6.42. The lowest BCUT2D eigenvalue weighted by Gasteiger charge is -2.34. The van der Waals surface area contributed by atoms with Crippen LogP contribution in [0.15, 0.2) is 18.5 Å². The maximum Gasteiger partial charge on any atom is 0.319 e. The Morgan fingerprint density at radius 2 is 2.05 bits per heavy atom. The van der Waals surface area contributed by atoms with Gasteiger partial charge in [-0.25, -0.2) is 4.39 Å². The van der Waals surface area contributed by atoms with E-state index in [2.05, 4.69) is 9.72 Å². The average molecular weight is 281 g/mol. The number of rotatable bonds is 3. The molecule has 0 aromatic carbocycles. The number of aromatic nitrogens is 1. The quantitative estimate of drug-likeness (QED) is 0.738. The summed E-state index contributed by atoms with van der Waals surface area (Å²) in [5.74, 6) is -1.26. The van der Waals surface area contributed by atoms with Crippen molar-refractivity contribution in [3.63, 3.8) is 0 Å². The number of hydrogen-bond acceptors (Lipinski definition) is 5. The first-order chi connectivity index (χ1) is 9.61. The van der Waals surface area contributed by atoms with Gasteiger partial charge in [-0.3, -0.25) is 19.5 Å². The number of esters is 1. The second-order valence-corrected chi connectivity index (χ2v) is 4.50. The number of methoxy groups -OCH3 is 1. The topological polar surface area (TPSA) is 62.7 Å². The molecular weight excluding hydrogens is 265 g/mol. The first-order valence-corrected chi connectivity index (χ1v) is 6.29. The molecule has 1 aromatic rings. The summed E-state index contributed by atoms with van der Waals surface area (Å²) in [6.45, 7) is 2.25. The summed E-state index contributed by atoms with van der Waals surface area (Å²) in [5, 5.41) is 0. The zero-order valence-electron chi connectivity index (χ0n) is 11.2. The molecule has 0 radical (unpaired) electrons. The lowest BCUT2D eigenvalue weighted by Crippen LogP contribution is -2.50. The van der Waals surface area contributed by atoms with Crippen LogP contribution in [0.4, 0.5) is 4.39 Å². The van der Waals surface area contributed by atoms with Crippen LogP contribution in [0.1, 0.15) is 10.4 Å². The van der Waals surface area contributed by atoms with Crippen LogP contribution in [0, 0.1) is 5.82 Å². The SMILES string of the molecule is COC(=O)CN1CCN(C(=O)c2ccncc2F)CC1. The van der Waals surface area contributed by atoms with Crippen molar-refractivity contribution in [2.75, 3.05) is 39.8 Å². The highest BCUT2D eigenvalue weighted by molar-refractivity contribution is 5.94. The van der Waals surface area contributed by atoms with E-state index in [9.17, 15) is 14.0 Å². The van der Waals surface area contributed by atoms with Gasteiger partial charge in [0.05, 0.1) is 25.4 Å². The molecule has 6 nitrogen and oxygen atoms in total. The van der Waals surface area contributed by atoms with E-state index in [1.54, 1.807) is 4.90 Å². The van der Waals surface area contributed by atoms with Gasteiger partial charge in [0.25, 0.3) is 5.91 Å². The summed E-state index contributed by atoms with van der Waals surface area (Å²) >= 11 is 0. The number of carbonyl (C=O) groups excluding carboxylic acids is 2. The van der Waals surface area contributed by atoms with Crippen LogP contribution in [-0.4, -0.2) is 66.5 Å². The van der Waals surface area contributed by atoms with Gasteiger partial charge in [-0.15, -0.1) is 0 Å². The minimum absolute atomic E-state index is 0.0291. The van der Waals surface area contributed by atoms with Crippen LogP contribution >= 0.6 is 0 Å². The van der Waals surface area contributed by atoms with Crippen LogP contribution in [0.5, 0.6) is 0 Å². The van der Waals surface area contributed by atoms with E-state index in [-0.39, 0.29) is 24.0 Å². The molecule has 0 saturated carbocycles. The van der Waals surface area contributed by atoms with Crippen LogP contribution < -0.4 is 0 Å². The van der Waals surface area contributed by atoms with Crippen molar-refractivity contribution in [3.05, 3.63) is 29.8 Å². The van der Waals surface area contributed by atoms with E-state index in [1.165, 1.54) is 19.4 Å². The molecule has 0 unspecified atom stereocenters. The minimum atomic E-state index is -0.616. The van der Waals surface area contributed by atoms with Crippen molar-refractivity contribution in [3.8, 4) is 0 Å². The molecule has 1 amide bonds. The number of hydrogen-bond donors (Lipinski definition) is 0. The van der Waals surface area contributed by atoms with Crippen molar-refractivity contribution < 1.29 is 18.7 Å². The van der Waals surface area contributed by atoms with Gasteiger partial charge in [0, 0.05) is 32.4 Å². The predicted molar refractivity (Wildman–Crippen MR) is 68.6 cm³/mol. The van der Waals surface area contributed by atoms with E-state index < -0.39 is 5.82 Å². The predicted octanol–water partition coefficient (Wildman–Crippen LogP) is 0.151. The smallest absolute Gasteiger partial charge is 0.319 e. The van der Waals surface area contributed by atoms with Crippen molar-refractivity contribution in [2.24, 2.45) is 0 Å². The third-order valence-electron chi connectivity index (χ3n) is 3.24. The number of piperazine rings is 1. The summed E-state index contributed by atoms with van der Waals surface area (Å²) in [7, 11) is 1.34. The first-order valence-electron chi connectivity index (χ1n) is 6.29. The Labute approximate surface area is 116 Å². The number of ether oxygens (including phenoxy) is 1. The molecular formula is C13H16FN3O3. The van der Waals surface area contributed by atoms with E-state index in [4.69, 9.17) is 0 Å². The zero-order chi connectivity index (χ0) is 14.5. The van der Waals surface area contributed by atoms with Gasteiger partial charge in [-0.05, 0) is 6.07 Å². The van der Waals surface area contributed by atoms with Gasteiger partial charge < -0.3 is 9.64 Å². The summed E-state index contributed by atoms with van der Waals surface area (Å²) < 4.78 is 18.1. The molecule has 20 heavy (non-hydrogen) atoms. The Hall–Kier alpha value is -2.02. The lowest BCUT2D eigenvalue weighted by molar-refractivity contribution is -0.142. The molecule has 0 spiro atoms. The number of pyridine rings is 1. The monoisotopic (exact) mass is 281 g/mol. The highest BCUT2D eigenvalue weighted by Gasteiger charge is 2.24. The Morgan fingerprint density at radius 1 is 1.35 bits per heavy atom. The summed E-state index contributed by atoms with van der Waals surface area (Å²) in [4.78, 5) is 30.4. The van der Waals surface area contributed by atoms with Gasteiger partial charge in [-0.1, -0.05) is 0 Å². The Balaban J connectivity index is 1.92. The molecule has 2 rings (SSSR count). The third-order valence-corrected chi connectivity index (χ3v) is 3.24. The van der Waals surface area contributed by atoms with Gasteiger partial charge >= 0.3 is 5.97 Å². The molecule has 0 aliphatic carbocycles. The fourth-order valence-electron chi connectivity index (χ4n) is 2.08. The van der Waals surface area contributed by atoms with Crippen LogP contribution in [0.3, 0.4) is 0 Å². The van der Waals surface area contributed by atoms with Gasteiger partial charge in [0.2, 0.25) is 0 Å². The highest BCUT2D eigenvalue weighted by atomic mass is 19.1.